The molecule has 0 bridgehead atoms. The van der Waals surface area contributed by atoms with E-state index in [9.17, 15) is 14.0 Å². The van der Waals surface area contributed by atoms with Gasteiger partial charge in [0.15, 0.2) is 5.82 Å². The summed E-state index contributed by atoms with van der Waals surface area (Å²) in [6.45, 7) is 1.85. The second-order valence-corrected chi connectivity index (χ2v) is 8.76. The smallest absolute Gasteiger partial charge is 0.258 e. The Labute approximate surface area is 206 Å². The van der Waals surface area contributed by atoms with Gasteiger partial charge in [0.2, 0.25) is 0 Å². The number of aromatic amines is 1. The average molecular weight is 492 g/mol. The van der Waals surface area contributed by atoms with E-state index in [4.69, 9.17) is 11.6 Å². The molecule has 35 heavy (non-hydrogen) atoms. The summed E-state index contributed by atoms with van der Waals surface area (Å²) in [6, 6.07) is 19.5. The second-order valence-electron chi connectivity index (χ2n) is 8.35. The third kappa shape index (κ3) is 4.70. The average Bonchev–Trinajstić information content (AvgIpc) is 3.30. The molecule has 4 aromatic rings. The third-order valence-electron chi connectivity index (χ3n) is 6.13. The maximum Gasteiger partial charge on any atom is 0.258 e. The number of piperazine rings is 1. The topological polar surface area (TPSA) is 81.3 Å². The molecule has 5 rings (SSSR count). The van der Waals surface area contributed by atoms with E-state index in [0.29, 0.717) is 38.3 Å². The van der Waals surface area contributed by atoms with Crippen LogP contribution in [0.4, 0.5) is 10.2 Å². The van der Waals surface area contributed by atoms with Gasteiger partial charge in [0, 0.05) is 43.7 Å². The summed E-state index contributed by atoms with van der Waals surface area (Å²) < 4.78 is 14.1. The molecular weight excluding hydrogens is 469 g/mol. The monoisotopic (exact) mass is 491 g/mol. The Kier molecular flexibility index (Phi) is 6.37. The molecule has 1 aliphatic heterocycles. The molecule has 0 spiro atoms. The molecule has 3 aromatic carbocycles. The minimum absolute atomic E-state index is 0.0850. The first-order valence-corrected chi connectivity index (χ1v) is 11.7. The van der Waals surface area contributed by atoms with Crippen LogP contribution in [-0.2, 0) is 6.54 Å². The first kappa shape index (κ1) is 22.9. The summed E-state index contributed by atoms with van der Waals surface area (Å²) in [5.74, 6) is -0.449. The second kappa shape index (κ2) is 9.76. The van der Waals surface area contributed by atoms with Crippen LogP contribution >= 0.6 is 11.6 Å². The number of nitrogens with zero attached hydrogens (tertiary/aromatic N) is 3. The van der Waals surface area contributed by atoms with Crippen LogP contribution in [0.3, 0.4) is 0 Å². The normalized spacial score (nSPS) is 13.8. The van der Waals surface area contributed by atoms with Gasteiger partial charge in [-0.15, -0.1) is 0 Å². The van der Waals surface area contributed by atoms with E-state index in [0.717, 1.165) is 22.3 Å². The summed E-state index contributed by atoms with van der Waals surface area (Å²) in [4.78, 5) is 29.1. The Bertz CT molecular complexity index is 1380. The van der Waals surface area contributed by atoms with Crippen LogP contribution in [-0.4, -0.2) is 58.0 Å². The van der Waals surface area contributed by atoms with Crippen LogP contribution in [0.15, 0.2) is 66.7 Å². The highest BCUT2D eigenvalue weighted by atomic mass is 35.5. The van der Waals surface area contributed by atoms with E-state index in [1.165, 1.54) is 23.1 Å². The zero-order valence-electron chi connectivity index (χ0n) is 18.8. The number of aromatic nitrogens is 2. The lowest BCUT2D eigenvalue weighted by Crippen LogP contribution is -2.50. The maximum atomic E-state index is 14.1. The Balaban J connectivity index is 1.21. The third-order valence-corrected chi connectivity index (χ3v) is 6.45. The van der Waals surface area contributed by atoms with Crippen LogP contribution in [0.2, 0.25) is 5.02 Å². The van der Waals surface area contributed by atoms with E-state index >= 15 is 0 Å². The van der Waals surface area contributed by atoms with Gasteiger partial charge in [-0.3, -0.25) is 14.7 Å². The van der Waals surface area contributed by atoms with Crippen molar-refractivity contribution in [3.63, 3.8) is 0 Å². The molecule has 1 saturated heterocycles. The number of carbonyl (C=O) groups excluding carboxylic acids is 2. The standard InChI is InChI=1S/C26H23ClFN5O2/c27-20-8-4-9-21(28)23(20)26(35)33-13-11-32(12-14-33)25(34)18-6-3-5-17(15-18)16-29-24-19-7-1-2-10-22(19)30-31-24/h1-10,15H,11-14,16H2,(H2,29,30,31). The molecule has 0 radical (unpaired) electrons. The zero-order chi connectivity index (χ0) is 24.4. The number of amides is 2. The zero-order valence-corrected chi connectivity index (χ0v) is 19.6. The Morgan fingerprint density at radius 3 is 2.43 bits per heavy atom. The highest BCUT2D eigenvalue weighted by Crippen LogP contribution is 2.23. The molecule has 2 N–H and O–H groups in total. The molecule has 0 saturated carbocycles. The number of para-hydroxylation sites is 1. The van der Waals surface area contributed by atoms with Crippen LogP contribution in [0, 0.1) is 5.82 Å². The first-order chi connectivity index (χ1) is 17.0. The molecule has 7 nitrogen and oxygen atoms in total. The highest BCUT2D eigenvalue weighted by molar-refractivity contribution is 6.33. The number of H-pyrrole nitrogens is 1. The van der Waals surface area contributed by atoms with E-state index in [-0.39, 0.29) is 16.5 Å². The minimum atomic E-state index is -0.644. The molecule has 1 aromatic heterocycles. The van der Waals surface area contributed by atoms with Crippen molar-refractivity contribution in [3.8, 4) is 0 Å². The van der Waals surface area contributed by atoms with E-state index in [2.05, 4.69) is 15.5 Å². The summed E-state index contributed by atoms with van der Waals surface area (Å²) in [7, 11) is 0. The number of carbonyl (C=O) groups is 2. The summed E-state index contributed by atoms with van der Waals surface area (Å²) in [6.07, 6.45) is 0. The minimum Gasteiger partial charge on any atom is -0.364 e. The van der Waals surface area contributed by atoms with Crippen molar-refractivity contribution in [3.05, 3.63) is 94.3 Å². The number of fused-ring (bicyclic) bond motifs is 1. The van der Waals surface area contributed by atoms with Crippen LogP contribution < -0.4 is 5.32 Å². The molecule has 0 atom stereocenters. The predicted molar refractivity (Wildman–Crippen MR) is 133 cm³/mol. The Morgan fingerprint density at radius 2 is 1.66 bits per heavy atom. The molecule has 2 amide bonds. The molecule has 0 unspecified atom stereocenters. The van der Waals surface area contributed by atoms with Crippen LogP contribution in [0.25, 0.3) is 10.9 Å². The largest absolute Gasteiger partial charge is 0.364 e. The SMILES string of the molecule is O=C(c1cccc(CNc2n[nH]c3ccccc23)c1)N1CCN(C(=O)c2c(F)cccc2Cl)CC1. The van der Waals surface area contributed by atoms with Gasteiger partial charge in [-0.1, -0.05) is 41.9 Å². The van der Waals surface area contributed by atoms with Crippen molar-refractivity contribution in [1.82, 2.24) is 20.0 Å². The van der Waals surface area contributed by atoms with E-state index in [1.54, 1.807) is 11.0 Å². The quantitative estimate of drug-likeness (QED) is 0.428. The molecule has 178 valence electrons. The molecule has 0 aliphatic carbocycles. The number of benzene rings is 3. The van der Waals surface area contributed by atoms with E-state index in [1.807, 2.05) is 42.5 Å². The van der Waals surface area contributed by atoms with Gasteiger partial charge >= 0.3 is 0 Å². The number of rotatable bonds is 5. The van der Waals surface area contributed by atoms with Gasteiger partial charge in [0.25, 0.3) is 11.8 Å². The number of anilines is 1. The summed E-state index contributed by atoms with van der Waals surface area (Å²) in [5, 5.41) is 11.7. The highest BCUT2D eigenvalue weighted by Gasteiger charge is 2.28. The molecule has 1 aliphatic rings. The molecule has 9 heteroatoms. The number of hydrogen-bond acceptors (Lipinski definition) is 4. The lowest BCUT2D eigenvalue weighted by atomic mass is 10.1. The maximum absolute atomic E-state index is 14.1. The fraction of sp³-hybridized carbons (Fsp3) is 0.192. The van der Waals surface area contributed by atoms with Crippen molar-refractivity contribution in [2.24, 2.45) is 0 Å². The van der Waals surface area contributed by atoms with Gasteiger partial charge in [-0.25, -0.2) is 4.39 Å². The summed E-state index contributed by atoms with van der Waals surface area (Å²) in [5.41, 5.74) is 2.35. The molecule has 1 fully saturated rings. The summed E-state index contributed by atoms with van der Waals surface area (Å²) >= 11 is 6.04. The van der Waals surface area contributed by atoms with Gasteiger partial charge < -0.3 is 15.1 Å². The van der Waals surface area contributed by atoms with Gasteiger partial charge in [0.05, 0.1) is 16.1 Å². The molecule has 2 heterocycles. The van der Waals surface area contributed by atoms with Gasteiger partial charge in [-0.2, -0.15) is 5.10 Å². The Morgan fingerprint density at radius 1 is 0.943 bits per heavy atom. The van der Waals surface area contributed by atoms with Crippen LogP contribution in [0.1, 0.15) is 26.3 Å². The number of halogens is 2. The van der Waals surface area contributed by atoms with E-state index < -0.39 is 11.7 Å². The molecular formula is C26H23ClFN5O2. The lowest BCUT2D eigenvalue weighted by molar-refractivity contribution is 0.0533. The first-order valence-electron chi connectivity index (χ1n) is 11.3. The number of hydrogen-bond donors (Lipinski definition) is 2. The van der Waals surface area contributed by atoms with Gasteiger partial charge in [-0.05, 0) is 42.0 Å². The van der Waals surface area contributed by atoms with Crippen molar-refractivity contribution >= 4 is 40.1 Å². The fourth-order valence-electron chi connectivity index (χ4n) is 4.25. The van der Waals surface area contributed by atoms with Gasteiger partial charge in [0.1, 0.15) is 5.82 Å². The lowest BCUT2D eigenvalue weighted by Gasteiger charge is -2.35. The van der Waals surface area contributed by atoms with Crippen molar-refractivity contribution in [2.75, 3.05) is 31.5 Å². The Hall–Kier alpha value is -3.91. The van der Waals surface area contributed by atoms with Crippen molar-refractivity contribution in [2.45, 2.75) is 6.54 Å². The van der Waals surface area contributed by atoms with Crippen molar-refractivity contribution < 1.29 is 14.0 Å². The number of nitrogens with one attached hydrogen (secondary N) is 2. The predicted octanol–water partition coefficient (Wildman–Crippen LogP) is 4.57. The van der Waals surface area contributed by atoms with Crippen LogP contribution in [0.5, 0.6) is 0 Å². The fourth-order valence-corrected chi connectivity index (χ4v) is 4.50. The van der Waals surface area contributed by atoms with Crippen molar-refractivity contribution in [1.29, 1.82) is 0 Å².